The van der Waals surface area contributed by atoms with E-state index in [2.05, 4.69) is 5.32 Å². The van der Waals surface area contributed by atoms with Gasteiger partial charge in [-0.25, -0.2) is 0 Å². The Morgan fingerprint density at radius 3 is 2.50 bits per heavy atom. The molecular formula is C15H15NO4. The molecule has 2 aromatic rings. The fourth-order valence-electron chi connectivity index (χ4n) is 1.97. The van der Waals surface area contributed by atoms with Crippen LogP contribution in [0, 0.1) is 6.92 Å². The molecule has 0 aliphatic heterocycles. The Morgan fingerprint density at radius 2 is 1.95 bits per heavy atom. The molecule has 2 rings (SSSR count). The van der Waals surface area contributed by atoms with E-state index in [9.17, 15) is 9.59 Å². The number of carbonyl (C=O) groups is 2. The minimum absolute atomic E-state index is 0.174. The minimum Gasteiger partial charge on any atom is -0.481 e. The number of furan rings is 1. The average molecular weight is 273 g/mol. The van der Waals surface area contributed by atoms with E-state index >= 15 is 0 Å². The van der Waals surface area contributed by atoms with Crippen LogP contribution in [0.15, 0.2) is 47.1 Å². The maximum Gasteiger partial charge on any atom is 0.305 e. The van der Waals surface area contributed by atoms with E-state index in [4.69, 9.17) is 9.52 Å². The first-order valence-electron chi connectivity index (χ1n) is 6.19. The molecule has 2 N–H and O–H groups in total. The van der Waals surface area contributed by atoms with Crippen molar-refractivity contribution in [2.75, 3.05) is 0 Å². The molecule has 1 aromatic carbocycles. The van der Waals surface area contributed by atoms with E-state index in [1.807, 2.05) is 6.07 Å². The second kappa shape index (κ2) is 6.06. The van der Waals surface area contributed by atoms with Gasteiger partial charge < -0.3 is 14.8 Å². The van der Waals surface area contributed by atoms with Crippen molar-refractivity contribution >= 4 is 11.9 Å². The van der Waals surface area contributed by atoms with Gasteiger partial charge in [-0.15, -0.1) is 0 Å². The van der Waals surface area contributed by atoms with Crippen LogP contribution in [-0.4, -0.2) is 17.0 Å². The lowest BCUT2D eigenvalue weighted by atomic mass is 10.0. The Morgan fingerprint density at radius 1 is 1.25 bits per heavy atom. The molecule has 5 nitrogen and oxygen atoms in total. The second-order valence-corrected chi connectivity index (χ2v) is 4.43. The molecule has 0 aliphatic rings. The van der Waals surface area contributed by atoms with Gasteiger partial charge in [0.2, 0.25) is 0 Å². The Hall–Kier alpha value is -2.56. The average Bonchev–Trinajstić information content (AvgIpc) is 2.85. The van der Waals surface area contributed by atoms with Gasteiger partial charge in [0, 0.05) is 0 Å². The molecule has 104 valence electrons. The molecule has 1 aromatic heterocycles. The quantitative estimate of drug-likeness (QED) is 0.877. The van der Waals surface area contributed by atoms with Crippen LogP contribution in [0.3, 0.4) is 0 Å². The smallest absolute Gasteiger partial charge is 0.305 e. The summed E-state index contributed by atoms with van der Waals surface area (Å²) in [7, 11) is 0. The largest absolute Gasteiger partial charge is 0.481 e. The summed E-state index contributed by atoms with van der Waals surface area (Å²) in [4.78, 5) is 23.1. The maximum absolute atomic E-state index is 12.1. The van der Waals surface area contributed by atoms with Gasteiger partial charge in [-0.2, -0.15) is 0 Å². The predicted octanol–water partition coefficient (Wildman–Crippen LogP) is 2.53. The molecule has 0 aliphatic carbocycles. The van der Waals surface area contributed by atoms with Gasteiger partial charge >= 0.3 is 5.97 Å². The molecule has 1 heterocycles. The van der Waals surface area contributed by atoms with E-state index in [-0.39, 0.29) is 12.3 Å². The Balaban J connectivity index is 2.18. The normalized spacial score (nSPS) is 11.8. The van der Waals surface area contributed by atoms with Crippen LogP contribution in [0.5, 0.6) is 0 Å². The standard InChI is InChI=1S/C15H15NO4/c1-10-12(7-8-20-10)15(19)16-13(9-14(17)18)11-5-3-2-4-6-11/h2-8,13H,9H2,1H3,(H,16,19)(H,17,18). The number of hydrogen-bond acceptors (Lipinski definition) is 3. The van der Waals surface area contributed by atoms with Crippen molar-refractivity contribution in [3.63, 3.8) is 0 Å². The lowest BCUT2D eigenvalue weighted by Crippen LogP contribution is -2.30. The highest BCUT2D eigenvalue weighted by Crippen LogP contribution is 2.18. The molecular weight excluding hydrogens is 258 g/mol. The van der Waals surface area contributed by atoms with Gasteiger partial charge in [0.1, 0.15) is 5.76 Å². The van der Waals surface area contributed by atoms with Crippen molar-refractivity contribution in [1.29, 1.82) is 0 Å². The molecule has 0 radical (unpaired) electrons. The highest BCUT2D eigenvalue weighted by molar-refractivity contribution is 5.95. The summed E-state index contributed by atoms with van der Waals surface area (Å²) in [5.41, 5.74) is 1.17. The molecule has 0 saturated carbocycles. The highest BCUT2D eigenvalue weighted by atomic mass is 16.4. The maximum atomic E-state index is 12.1. The number of benzene rings is 1. The molecule has 0 saturated heterocycles. The fraction of sp³-hybridized carbons (Fsp3) is 0.200. The molecule has 0 fully saturated rings. The number of aliphatic carboxylic acids is 1. The van der Waals surface area contributed by atoms with Crippen LogP contribution in [0.2, 0.25) is 0 Å². The van der Waals surface area contributed by atoms with Crippen LogP contribution in [0.1, 0.15) is 34.1 Å². The number of aryl methyl sites for hydroxylation is 1. The minimum atomic E-state index is -0.969. The number of nitrogens with one attached hydrogen (secondary N) is 1. The summed E-state index contributed by atoms with van der Waals surface area (Å²) in [5.74, 6) is -0.806. The molecule has 5 heteroatoms. The number of hydrogen-bond donors (Lipinski definition) is 2. The monoisotopic (exact) mass is 273 g/mol. The van der Waals surface area contributed by atoms with Gasteiger partial charge in [-0.3, -0.25) is 9.59 Å². The summed E-state index contributed by atoms with van der Waals surface area (Å²) < 4.78 is 5.08. The molecule has 0 spiro atoms. The Bertz CT molecular complexity index is 603. The van der Waals surface area contributed by atoms with Crippen molar-refractivity contribution in [1.82, 2.24) is 5.32 Å². The molecule has 1 amide bonds. The van der Waals surface area contributed by atoms with Crippen molar-refractivity contribution in [2.24, 2.45) is 0 Å². The van der Waals surface area contributed by atoms with E-state index in [1.165, 1.54) is 6.26 Å². The van der Waals surface area contributed by atoms with Crippen molar-refractivity contribution < 1.29 is 19.1 Å². The molecule has 1 atom stereocenters. The zero-order chi connectivity index (χ0) is 14.5. The Kier molecular flexibility index (Phi) is 4.20. The zero-order valence-corrected chi connectivity index (χ0v) is 11.0. The lowest BCUT2D eigenvalue weighted by molar-refractivity contribution is -0.137. The third-order valence-electron chi connectivity index (χ3n) is 2.99. The summed E-state index contributed by atoms with van der Waals surface area (Å²) in [6, 6.07) is 10.0. The summed E-state index contributed by atoms with van der Waals surface area (Å²) >= 11 is 0. The van der Waals surface area contributed by atoms with Crippen molar-refractivity contribution in [3.05, 3.63) is 59.5 Å². The van der Waals surface area contributed by atoms with Gasteiger partial charge in [-0.05, 0) is 18.6 Å². The van der Waals surface area contributed by atoms with Crippen molar-refractivity contribution in [2.45, 2.75) is 19.4 Å². The van der Waals surface area contributed by atoms with Gasteiger partial charge in [0.05, 0.1) is 24.3 Å². The predicted molar refractivity (Wildman–Crippen MR) is 72.3 cm³/mol. The molecule has 20 heavy (non-hydrogen) atoms. The SMILES string of the molecule is Cc1occc1C(=O)NC(CC(=O)O)c1ccccc1. The van der Waals surface area contributed by atoms with Crippen LogP contribution in [-0.2, 0) is 4.79 Å². The number of amides is 1. The summed E-state index contributed by atoms with van der Waals surface area (Å²) in [6.07, 6.45) is 1.26. The summed E-state index contributed by atoms with van der Waals surface area (Å²) in [5, 5.41) is 11.7. The lowest BCUT2D eigenvalue weighted by Gasteiger charge is -2.17. The van der Waals surface area contributed by atoms with E-state index in [0.717, 1.165) is 5.56 Å². The van der Waals surface area contributed by atoms with Crippen molar-refractivity contribution in [3.8, 4) is 0 Å². The van der Waals surface area contributed by atoms with E-state index < -0.39 is 12.0 Å². The van der Waals surface area contributed by atoms with Crippen LogP contribution in [0.4, 0.5) is 0 Å². The fourth-order valence-corrected chi connectivity index (χ4v) is 1.97. The molecule has 0 bridgehead atoms. The summed E-state index contributed by atoms with van der Waals surface area (Å²) in [6.45, 7) is 1.68. The molecule has 1 unspecified atom stereocenters. The van der Waals surface area contributed by atoms with E-state index in [0.29, 0.717) is 11.3 Å². The first-order valence-corrected chi connectivity index (χ1v) is 6.19. The van der Waals surface area contributed by atoms with E-state index in [1.54, 1.807) is 37.3 Å². The third kappa shape index (κ3) is 3.26. The first kappa shape index (κ1) is 13.9. The highest BCUT2D eigenvalue weighted by Gasteiger charge is 2.20. The third-order valence-corrected chi connectivity index (χ3v) is 2.99. The topological polar surface area (TPSA) is 79.5 Å². The van der Waals surface area contributed by atoms with Crippen LogP contribution < -0.4 is 5.32 Å². The zero-order valence-electron chi connectivity index (χ0n) is 11.0. The number of carbonyl (C=O) groups excluding carboxylic acids is 1. The van der Waals surface area contributed by atoms with Crippen LogP contribution >= 0.6 is 0 Å². The Labute approximate surface area is 116 Å². The number of carboxylic acids is 1. The second-order valence-electron chi connectivity index (χ2n) is 4.43. The number of rotatable bonds is 5. The number of carboxylic acid groups (broad SMARTS) is 1. The van der Waals surface area contributed by atoms with Crippen LogP contribution in [0.25, 0.3) is 0 Å². The van der Waals surface area contributed by atoms with Gasteiger partial charge in [0.25, 0.3) is 5.91 Å². The van der Waals surface area contributed by atoms with Gasteiger partial charge in [-0.1, -0.05) is 30.3 Å². The van der Waals surface area contributed by atoms with Gasteiger partial charge in [0.15, 0.2) is 0 Å². The first-order chi connectivity index (χ1) is 9.58.